The first-order chi connectivity index (χ1) is 10.7. The van der Waals surface area contributed by atoms with Crippen LogP contribution >= 0.6 is 0 Å². The van der Waals surface area contributed by atoms with Gasteiger partial charge in [-0.15, -0.1) is 0 Å². The Hall–Kier alpha value is -1.97. The number of esters is 1. The first-order valence-corrected chi connectivity index (χ1v) is 7.91. The highest BCUT2D eigenvalue weighted by Gasteiger charge is 2.20. The lowest BCUT2D eigenvalue weighted by Gasteiger charge is -2.24. The van der Waals surface area contributed by atoms with Crippen molar-refractivity contribution in [1.82, 2.24) is 0 Å². The number of hydrogen-bond donors (Lipinski definition) is 0. The van der Waals surface area contributed by atoms with E-state index < -0.39 is 0 Å². The Labute approximate surface area is 131 Å². The molecule has 3 rings (SSSR count). The van der Waals surface area contributed by atoms with Crippen LogP contribution in [0.25, 0.3) is 0 Å². The fourth-order valence-corrected chi connectivity index (χ4v) is 2.85. The molecule has 4 heteroatoms. The van der Waals surface area contributed by atoms with Crippen LogP contribution in [0.1, 0.15) is 31.7 Å². The molecule has 4 nitrogen and oxygen atoms in total. The lowest BCUT2D eigenvalue weighted by atomic mass is 9.85. The Kier molecular flexibility index (Phi) is 4.66. The van der Waals surface area contributed by atoms with Crippen molar-refractivity contribution in [1.29, 1.82) is 0 Å². The first-order valence-electron chi connectivity index (χ1n) is 7.91. The van der Waals surface area contributed by atoms with E-state index >= 15 is 0 Å². The fourth-order valence-electron chi connectivity index (χ4n) is 2.85. The molecule has 1 aliphatic carbocycles. The highest BCUT2D eigenvalue weighted by atomic mass is 16.7. The van der Waals surface area contributed by atoms with Crippen molar-refractivity contribution in [2.75, 3.05) is 13.4 Å². The van der Waals surface area contributed by atoms with E-state index in [-0.39, 0.29) is 12.8 Å². The first kappa shape index (κ1) is 14.9. The molecule has 2 aliphatic rings. The van der Waals surface area contributed by atoms with E-state index in [9.17, 15) is 4.79 Å². The molecule has 2 unspecified atom stereocenters. The predicted octanol–water partition coefficient (Wildman–Crippen LogP) is 3.49. The van der Waals surface area contributed by atoms with Crippen LogP contribution in [0.4, 0.5) is 0 Å². The third kappa shape index (κ3) is 3.62. The van der Waals surface area contributed by atoms with Crippen LogP contribution in [0.3, 0.4) is 0 Å². The molecule has 0 fully saturated rings. The molecule has 2 atom stereocenters. The summed E-state index contributed by atoms with van der Waals surface area (Å²) in [6, 6.07) is 5.79. The minimum Gasteiger partial charge on any atom is -0.465 e. The van der Waals surface area contributed by atoms with Gasteiger partial charge in [-0.25, -0.2) is 0 Å². The zero-order chi connectivity index (χ0) is 15.4. The molecule has 118 valence electrons. The van der Waals surface area contributed by atoms with Gasteiger partial charge in [-0.1, -0.05) is 25.1 Å². The second kappa shape index (κ2) is 6.86. The molecule has 0 saturated carbocycles. The maximum atomic E-state index is 11.9. The van der Waals surface area contributed by atoms with Crippen molar-refractivity contribution in [3.63, 3.8) is 0 Å². The van der Waals surface area contributed by atoms with Crippen molar-refractivity contribution >= 4 is 5.97 Å². The third-order valence-electron chi connectivity index (χ3n) is 4.43. The van der Waals surface area contributed by atoms with E-state index in [2.05, 4.69) is 19.1 Å². The Balaban J connectivity index is 1.43. The number of allylic oxidation sites excluding steroid dienone is 2. The Morgan fingerprint density at radius 1 is 1.23 bits per heavy atom. The predicted molar refractivity (Wildman–Crippen MR) is 82.9 cm³/mol. The van der Waals surface area contributed by atoms with Crippen molar-refractivity contribution in [2.24, 2.45) is 11.8 Å². The molecule has 0 bridgehead atoms. The molecule has 1 aliphatic heterocycles. The topological polar surface area (TPSA) is 44.8 Å². The number of carbonyl (C=O) groups excluding carboxylic acids is 1. The van der Waals surface area contributed by atoms with Gasteiger partial charge in [-0.2, -0.15) is 0 Å². The van der Waals surface area contributed by atoms with Crippen LogP contribution in [0.2, 0.25) is 0 Å². The zero-order valence-electron chi connectivity index (χ0n) is 12.9. The summed E-state index contributed by atoms with van der Waals surface area (Å²) in [5.74, 6) is 2.45. The van der Waals surface area contributed by atoms with Gasteiger partial charge in [0.25, 0.3) is 0 Å². The molecular weight excluding hydrogens is 280 g/mol. The van der Waals surface area contributed by atoms with Crippen LogP contribution in [-0.4, -0.2) is 19.4 Å². The van der Waals surface area contributed by atoms with Gasteiger partial charge in [-0.05, 0) is 48.8 Å². The van der Waals surface area contributed by atoms with Gasteiger partial charge in [0.2, 0.25) is 6.79 Å². The summed E-state index contributed by atoms with van der Waals surface area (Å²) in [7, 11) is 0. The fraction of sp³-hybridized carbons (Fsp3) is 0.500. The number of carbonyl (C=O) groups is 1. The molecule has 22 heavy (non-hydrogen) atoms. The molecule has 1 aromatic rings. The highest BCUT2D eigenvalue weighted by Crippen LogP contribution is 2.32. The normalized spacial score (nSPS) is 22.6. The molecule has 1 aromatic carbocycles. The highest BCUT2D eigenvalue weighted by molar-refractivity contribution is 5.69. The largest absolute Gasteiger partial charge is 0.465 e. The van der Waals surface area contributed by atoms with Gasteiger partial charge in [0.1, 0.15) is 0 Å². The van der Waals surface area contributed by atoms with Gasteiger partial charge < -0.3 is 14.2 Å². The van der Waals surface area contributed by atoms with E-state index in [1.807, 2.05) is 18.2 Å². The van der Waals surface area contributed by atoms with E-state index in [1.165, 1.54) is 0 Å². The van der Waals surface area contributed by atoms with Crippen LogP contribution < -0.4 is 9.47 Å². The Morgan fingerprint density at radius 2 is 2.05 bits per heavy atom. The number of aryl methyl sites for hydroxylation is 1. The molecule has 0 spiro atoms. The number of benzene rings is 1. The second-order valence-corrected chi connectivity index (χ2v) is 6.05. The number of ether oxygens (including phenoxy) is 3. The van der Waals surface area contributed by atoms with Crippen LogP contribution in [0, 0.1) is 11.8 Å². The van der Waals surface area contributed by atoms with Crippen molar-refractivity contribution in [3.8, 4) is 11.5 Å². The van der Waals surface area contributed by atoms with Gasteiger partial charge in [-0.3, -0.25) is 4.79 Å². The third-order valence-corrected chi connectivity index (χ3v) is 4.43. The average Bonchev–Trinajstić information content (AvgIpc) is 2.99. The van der Waals surface area contributed by atoms with Crippen molar-refractivity contribution < 1.29 is 19.0 Å². The van der Waals surface area contributed by atoms with Crippen LogP contribution in [-0.2, 0) is 16.0 Å². The number of fused-ring (bicyclic) bond motifs is 1. The quantitative estimate of drug-likeness (QED) is 0.617. The summed E-state index contributed by atoms with van der Waals surface area (Å²) in [6.45, 7) is 3.02. The lowest BCUT2D eigenvalue weighted by Crippen LogP contribution is -2.21. The van der Waals surface area contributed by atoms with E-state index in [0.29, 0.717) is 31.3 Å². The summed E-state index contributed by atoms with van der Waals surface area (Å²) in [5.41, 5.74) is 1.06. The lowest BCUT2D eigenvalue weighted by molar-refractivity contribution is -0.145. The number of rotatable bonds is 5. The van der Waals surface area contributed by atoms with Gasteiger partial charge in [0, 0.05) is 6.42 Å². The van der Waals surface area contributed by atoms with E-state index in [1.54, 1.807) is 0 Å². The molecule has 0 radical (unpaired) electrons. The molecule has 1 heterocycles. The monoisotopic (exact) mass is 302 g/mol. The number of hydrogen-bond acceptors (Lipinski definition) is 4. The zero-order valence-corrected chi connectivity index (χ0v) is 12.9. The minimum atomic E-state index is -0.126. The van der Waals surface area contributed by atoms with Gasteiger partial charge in [0.05, 0.1) is 6.61 Å². The summed E-state index contributed by atoms with van der Waals surface area (Å²) >= 11 is 0. The van der Waals surface area contributed by atoms with E-state index in [0.717, 1.165) is 29.9 Å². The summed E-state index contributed by atoms with van der Waals surface area (Å²) in [6.07, 6.45) is 7.55. The maximum absolute atomic E-state index is 11.9. The SMILES string of the molecule is CC1CC=CCC1COC(=O)CCc1ccc2c(c1)OCO2. The second-order valence-electron chi connectivity index (χ2n) is 6.05. The molecule has 0 N–H and O–H groups in total. The Morgan fingerprint density at radius 3 is 2.91 bits per heavy atom. The summed E-state index contributed by atoms with van der Waals surface area (Å²) in [5, 5.41) is 0. The van der Waals surface area contributed by atoms with E-state index in [4.69, 9.17) is 14.2 Å². The molecule has 0 aromatic heterocycles. The van der Waals surface area contributed by atoms with Gasteiger partial charge in [0.15, 0.2) is 11.5 Å². The van der Waals surface area contributed by atoms with Gasteiger partial charge >= 0.3 is 5.97 Å². The minimum absolute atomic E-state index is 0.126. The summed E-state index contributed by atoms with van der Waals surface area (Å²) < 4.78 is 16.1. The molecular formula is C18H22O4. The average molecular weight is 302 g/mol. The van der Waals surface area contributed by atoms with Crippen molar-refractivity contribution in [2.45, 2.75) is 32.6 Å². The maximum Gasteiger partial charge on any atom is 0.306 e. The van der Waals surface area contributed by atoms with Crippen LogP contribution in [0.15, 0.2) is 30.4 Å². The molecule has 0 amide bonds. The molecule has 0 saturated heterocycles. The smallest absolute Gasteiger partial charge is 0.306 e. The summed E-state index contributed by atoms with van der Waals surface area (Å²) in [4.78, 5) is 11.9. The van der Waals surface area contributed by atoms with Crippen molar-refractivity contribution in [3.05, 3.63) is 35.9 Å². The Bertz CT molecular complexity index is 564. The standard InChI is InChI=1S/C18H22O4/c1-13-4-2-3-5-15(13)11-20-18(19)9-7-14-6-8-16-17(10-14)22-12-21-16/h2-3,6,8,10,13,15H,4-5,7,9,11-12H2,1H3. The van der Waals surface area contributed by atoms with Crippen LogP contribution in [0.5, 0.6) is 11.5 Å².